The zero-order valence-electron chi connectivity index (χ0n) is 16.0. The first-order valence-corrected chi connectivity index (χ1v) is 12.7. The van der Waals surface area contributed by atoms with Gasteiger partial charge in [0.2, 0.25) is 0 Å². The third-order valence-corrected chi connectivity index (χ3v) is 5.16. The van der Waals surface area contributed by atoms with Gasteiger partial charge >= 0.3 is 5.97 Å². The molecule has 0 radical (unpaired) electrons. The quantitative estimate of drug-likeness (QED) is 0.254. The Bertz CT molecular complexity index is 1070. The lowest BCUT2D eigenvalue weighted by Gasteiger charge is -2.09. The summed E-state index contributed by atoms with van der Waals surface area (Å²) in [6.45, 7) is 8.77. The number of aromatic nitrogens is 1. The molecule has 0 aliphatic rings. The lowest BCUT2D eigenvalue weighted by molar-refractivity contribution is -0.131. The summed E-state index contributed by atoms with van der Waals surface area (Å²) in [7, 11) is -1.46. The monoisotopic (exact) mass is 395 g/mol. The summed E-state index contributed by atoms with van der Waals surface area (Å²) in [4.78, 5) is 11.1. The van der Waals surface area contributed by atoms with Crippen molar-refractivity contribution in [3.05, 3.63) is 64.8 Å². The van der Waals surface area contributed by atoms with Gasteiger partial charge < -0.3 is 9.30 Å². The second kappa shape index (κ2) is 7.64. The van der Waals surface area contributed by atoms with Gasteiger partial charge in [0.05, 0.1) is 5.02 Å². The third-order valence-electron chi connectivity index (χ3n) is 3.96. The largest absolute Gasteiger partial charge is 0.427 e. The van der Waals surface area contributed by atoms with Crippen LogP contribution in [0.5, 0.6) is 5.75 Å². The minimum absolute atomic E-state index is 0.318. The van der Waals surface area contributed by atoms with Gasteiger partial charge in [0.15, 0.2) is 0 Å². The van der Waals surface area contributed by atoms with Crippen molar-refractivity contribution in [1.82, 2.24) is 4.57 Å². The van der Waals surface area contributed by atoms with Gasteiger partial charge in [-0.25, -0.2) is 0 Å². The van der Waals surface area contributed by atoms with Crippen LogP contribution in [0.25, 0.3) is 10.9 Å². The Balaban J connectivity index is 1.89. The molecule has 0 amide bonds. The van der Waals surface area contributed by atoms with Gasteiger partial charge in [0.25, 0.3) is 0 Å². The number of carbonyl (C=O) groups excluding carboxylic acids is 1. The molecule has 3 aromatic rings. The molecular weight excluding hydrogens is 374 g/mol. The molecule has 138 valence electrons. The Morgan fingerprint density at radius 3 is 2.63 bits per heavy atom. The molecule has 1 heterocycles. The van der Waals surface area contributed by atoms with Crippen LogP contribution < -0.4 is 4.74 Å². The van der Waals surface area contributed by atoms with E-state index in [0.717, 1.165) is 28.6 Å². The average Bonchev–Trinajstić information content (AvgIpc) is 2.96. The molecule has 0 atom stereocenters. The lowest BCUT2D eigenvalue weighted by Crippen LogP contribution is -2.16. The number of hydrogen-bond donors (Lipinski definition) is 0. The molecule has 0 saturated carbocycles. The van der Waals surface area contributed by atoms with Crippen LogP contribution >= 0.6 is 11.6 Å². The van der Waals surface area contributed by atoms with E-state index < -0.39 is 8.07 Å². The number of rotatable bonds is 3. The van der Waals surface area contributed by atoms with Gasteiger partial charge in [0.1, 0.15) is 13.8 Å². The number of benzene rings is 2. The van der Waals surface area contributed by atoms with Gasteiger partial charge in [-0.15, -0.1) is 5.54 Å². The zero-order valence-corrected chi connectivity index (χ0v) is 17.7. The molecule has 0 bridgehead atoms. The molecule has 3 rings (SSSR count). The summed E-state index contributed by atoms with van der Waals surface area (Å²) in [5.41, 5.74) is 6.47. The zero-order chi connectivity index (χ0) is 19.6. The summed E-state index contributed by atoms with van der Waals surface area (Å²) >= 11 is 6.33. The van der Waals surface area contributed by atoms with Gasteiger partial charge in [-0.2, -0.15) is 0 Å². The minimum atomic E-state index is -1.46. The highest BCUT2D eigenvalue weighted by molar-refractivity contribution is 6.83. The first-order chi connectivity index (χ1) is 12.7. The fourth-order valence-electron chi connectivity index (χ4n) is 2.76. The van der Waals surface area contributed by atoms with Gasteiger partial charge in [-0.1, -0.05) is 43.2 Å². The normalized spacial score (nSPS) is 11.1. The second-order valence-corrected chi connectivity index (χ2v) is 12.7. The van der Waals surface area contributed by atoms with Gasteiger partial charge in [0, 0.05) is 36.1 Å². The van der Waals surface area contributed by atoms with Crippen molar-refractivity contribution < 1.29 is 9.53 Å². The number of carbonyl (C=O) groups is 1. The number of hydrogen-bond acceptors (Lipinski definition) is 2. The summed E-state index contributed by atoms with van der Waals surface area (Å²) in [6.07, 6.45) is 2.03. The van der Waals surface area contributed by atoms with Crippen molar-refractivity contribution in [1.29, 1.82) is 0 Å². The molecule has 5 heteroatoms. The molecule has 3 nitrogen and oxygen atoms in total. The standard InChI is InChI=1S/C22H22ClNO2Si/c1-16(25)26-20-6-8-22-19(14-20)9-11-24(22)15-17-5-7-21(23)18(13-17)10-12-27(2,3)4/h5-9,11,13-14H,15H2,1-4H3. The molecule has 0 aliphatic carbocycles. The van der Waals surface area contributed by atoms with Gasteiger partial charge in [-0.05, 0) is 42.0 Å². The summed E-state index contributed by atoms with van der Waals surface area (Å²) < 4.78 is 7.32. The molecule has 27 heavy (non-hydrogen) atoms. The maximum atomic E-state index is 11.1. The van der Waals surface area contributed by atoms with Crippen molar-refractivity contribution in [3.8, 4) is 17.2 Å². The Hall–Kier alpha value is -2.48. The fourth-order valence-corrected chi connectivity index (χ4v) is 3.44. The highest BCUT2D eigenvalue weighted by atomic mass is 35.5. The minimum Gasteiger partial charge on any atom is -0.427 e. The fraction of sp³-hybridized carbons (Fsp3) is 0.227. The number of nitrogens with zero attached hydrogens (tertiary/aromatic N) is 1. The van der Waals surface area contributed by atoms with E-state index in [0.29, 0.717) is 10.8 Å². The number of esters is 1. The lowest BCUT2D eigenvalue weighted by atomic mass is 10.1. The first kappa shape index (κ1) is 19.3. The van der Waals surface area contributed by atoms with Crippen molar-refractivity contribution in [2.45, 2.75) is 33.1 Å². The van der Waals surface area contributed by atoms with E-state index >= 15 is 0 Å². The first-order valence-electron chi connectivity index (χ1n) is 8.80. The summed E-state index contributed by atoms with van der Waals surface area (Å²) in [6, 6.07) is 13.7. The molecule has 0 spiro atoms. The highest BCUT2D eigenvalue weighted by Crippen LogP contribution is 2.24. The third kappa shape index (κ3) is 5.03. The Morgan fingerprint density at radius 1 is 1.15 bits per heavy atom. The topological polar surface area (TPSA) is 31.2 Å². The van der Waals surface area contributed by atoms with Crippen LogP contribution in [0.4, 0.5) is 0 Å². The van der Waals surface area contributed by atoms with E-state index in [9.17, 15) is 4.79 Å². The van der Waals surface area contributed by atoms with Crippen LogP contribution in [0, 0.1) is 11.5 Å². The van der Waals surface area contributed by atoms with Crippen LogP contribution in [0.1, 0.15) is 18.1 Å². The molecule has 0 N–H and O–H groups in total. The van der Waals surface area contributed by atoms with Crippen LogP contribution in [0.3, 0.4) is 0 Å². The SMILES string of the molecule is CC(=O)Oc1ccc2c(ccn2Cc2ccc(Cl)c(C#C[Si](C)(C)C)c2)c1. The molecule has 0 saturated heterocycles. The van der Waals surface area contributed by atoms with E-state index in [2.05, 4.69) is 41.7 Å². The van der Waals surface area contributed by atoms with E-state index in [4.69, 9.17) is 16.3 Å². The summed E-state index contributed by atoms with van der Waals surface area (Å²) in [5.74, 6) is 3.50. The smallest absolute Gasteiger partial charge is 0.308 e. The van der Waals surface area contributed by atoms with Gasteiger partial charge in [-0.3, -0.25) is 4.79 Å². The van der Waals surface area contributed by atoms with E-state index in [1.807, 2.05) is 42.6 Å². The van der Waals surface area contributed by atoms with Crippen LogP contribution in [-0.2, 0) is 11.3 Å². The average molecular weight is 396 g/mol. The van der Waals surface area contributed by atoms with Crippen molar-refractivity contribution in [3.63, 3.8) is 0 Å². The molecule has 0 aliphatic heterocycles. The highest BCUT2D eigenvalue weighted by Gasteiger charge is 2.09. The van der Waals surface area contributed by atoms with Crippen LogP contribution in [-0.4, -0.2) is 18.6 Å². The van der Waals surface area contributed by atoms with Crippen LogP contribution in [0.2, 0.25) is 24.7 Å². The van der Waals surface area contributed by atoms with E-state index in [1.54, 1.807) is 0 Å². The Morgan fingerprint density at radius 2 is 1.93 bits per heavy atom. The number of ether oxygens (including phenoxy) is 1. The Kier molecular flexibility index (Phi) is 5.45. The molecule has 2 aromatic carbocycles. The maximum absolute atomic E-state index is 11.1. The predicted octanol–water partition coefficient (Wildman–Crippen LogP) is 5.50. The van der Waals surface area contributed by atoms with Crippen LogP contribution in [0.15, 0.2) is 48.7 Å². The molecule has 1 aromatic heterocycles. The predicted molar refractivity (Wildman–Crippen MR) is 114 cm³/mol. The molecular formula is C22H22ClNO2Si. The molecule has 0 fully saturated rings. The number of halogens is 1. The van der Waals surface area contributed by atoms with E-state index in [1.165, 1.54) is 6.92 Å². The van der Waals surface area contributed by atoms with Crippen molar-refractivity contribution >= 4 is 36.5 Å². The van der Waals surface area contributed by atoms with Crippen molar-refractivity contribution in [2.75, 3.05) is 0 Å². The second-order valence-electron chi connectivity index (χ2n) is 7.57. The van der Waals surface area contributed by atoms with E-state index in [-0.39, 0.29) is 5.97 Å². The molecule has 0 unspecified atom stereocenters. The summed E-state index contributed by atoms with van der Waals surface area (Å²) in [5, 5.41) is 1.72. The van der Waals surface area contributed by atoms with Crippen molar-refractivity contribution in [2.24, 2.45) is 0 Å². The number of fused-ring (bicyclic) bond motifs is 1. The maximum Gasteiger partial charge on any atom is 0.308 e. The Labute approximate surface area is 165 Å².